The smallest absolute Gasteiger partial charge is 0.120 e. The highest BCUT2D eigenvalue weighted by Gasteiger charge is 2.09. The Morgan fingerprint density at radius 2 is 1.80 bits per heavy atom. The van der Waals surface area contributed by atoms with Crippen molar-refractivity contribution < 1.29 is 9.59 Å². The fourth-order valence-electron chi connectivity index (χ4n) is 1.71. The lowest BCUT2D eigenvalue weighted by Crippen LogP contribution is -2.00. The number of hydrogen-bond donors (Lipinski definition) is 0. The van der Waals surface area contributed by atoms with E-state index in [9.17, 15) is 9.59 Å². The molecule has 1 unspecified atom stereocenters. The summed E-state index contributed by atoms with van der Waals surface area (Å²) >= 11 is 0. The maximum atomic E-state index is 10.6. The van der Waals surface area contributed by atoms with E-state index in [4.69, 9.17) is 0 Å². The molecule has 0 heterocycles. The maximum absolute atomic E-state index is 10.6. The van der Waals surface area contributed by atoms with E-state index in [1.807, 2.05) is 30.3 Å². The van der Waals surface area contributed by atoms with E-state index in [1.54, 1.807) is 0 Å². The molecule has 1 aromatic rings. The highest BCUT2D eigenvalue weighted by molar-refractivity contribution is 5.52. The molecule has 15 heavy (non-hydrogen) atoms. The van der Waals surface area contributed by atoms with Gasteiger partial charge in [0, 0.05) is 12.8 Å². The average molecular weight is 204 g/mol. The third kappa shape index (κ3) is 4.07. The molecule has 0 bridgehead atoms. The van der Waals surface area contributed by atoms with Gasteiger partial charge in [-0.05, 0) is 24.3 Å². The summed E-state index contributed by atoms with van der Waals surface area (Å²) in [5.74, 6) is 0.267. The first kappa shape index (κ1) is 11.6. The number of rotatable bonds is 7. The molecule has 0 spiro atoms. The second kappa shape index (κ2) is 6.93. The molecule has 2 nitrogen and oxygen atoms in total. The van der Waals surface area contributed by atoms with Gasteiger partial charge in [0.1, 0.15) is 12.6 Å². The van der Waals surface area contributed by atoms with Gasteiger partial charge in [0.15, 0.2) is 0 Å². The molecule has 1 atom stereocenters. The van der Waals surface area contributed by atoms with Crippen LogP contribution in [0, 0.1) is 0 Å². The predicted molar refractivity (Wildman–Crippen MR) is 59.8 cm³/mol. The summed E-state index contributed by atoms with van der Waals surface area (Å²) in [4.78, 5) is 20.8. The van der Waals surface area contributed by atoms with Crippen molar-refractivity contribution in [3.8, 4) is 0 Å². The molecule has 0 aliphatic heterocycles. The summed E-state index contributed by atoms with van der Waals surface area (Å²) in [6, 6.07) is 10.00. The van der Waals surface area contributed by atoms with E-state index in [0.717, 1.165) is 25.4 Å². The van der Waals surface area contributed by atoms with Gasteiger partial charge >= 0.3 is 0 Å². The number of hydrogen-bond acceptors (Lipinski definition) is 2. The first-order chi connectivity index (χ1) is 7.38. The van der Waals surface area contributed by atoms with Crippen LogP contribution in [0.5, 0.6) is 0 Å². The Hall–Kier alpha value is -1.44. The SMILES string of the molecule is O=CCCCC(CC=O)c1ccccc1. The zero-order chi connectivity index (χ0) is 10.9. The Morgan fingerprint density at radius 3 is 2.40 bits per heavy atom. The van der Waals surface area contributed by atoms with E-state index in [2.05, 4.69) is 0 Å². The minimum Gasteiger partial charge on any atom is -0.303 e. The van der Waals surface area contributed by atoms with Crippen molar-refractivity contribution in [3.05, 3.63) is 35.9 Å². The first-order valence-electron chi connectivity index (χ1n) is 5.30. The number of carbonyl (C=O) groups excluding carboxylic acids is 2. The summed E-state index contributed by atoms with van der Waals surface area (Å²) in [6.07, 6.45) is 4.78. The fraction of sp³-hybridized carbons (Fsp3) is 0.385. The van der Waals surface area contributed by atoms with Gasteiger partial charge in [-0.15, -0.1) is 0 Å². The molecule has 2 heteroatoms. The molecular formula is C13H16O2. The largest absolute Gasteiger partial charge is 0.303 e. The number of carbonyl (C=O) groups is 2. The molecule has 0 amide bonds. The van der Waals surface area contributed by atoms with Gasteiger partial charge in [-0.3, -0.25) is 0 Å². The maximum Gasteiger partial charge on any atom is 0.120 e. The van der Waals surface area contributed by atoms with E-state index < -0.39 is 0 Å². The lowest BCUT2D eigenvalue weighted by molar-refractivity contribution is -0.108. The van der Waals surface area contributed by atoms with Crippen molar-refractivity contribution in [2.75, 3.05) is 0 Å². The van der Waals surface area contributed by atoms with Crippen LogP contribution in [-0.2, 0) is 9.59 Å². The molecule has 0 fully saturated rings. The summed E-state index contributed by atoms with van der Waals surface area (Å²) in [5.41, 5.74) is 1.19. The second-order valence-corrected chi connectivity index (χ2v) is 3.61. The van der Waals surface area contributed by atoms with Crippen LogP contribution in [0.4, 0.5) is 0 Å². The van der Waals surface area contributed by atoms with Crippen LogP contribution in [0.25, 0.3) is 0 Å². The standard InChI is InChI=1S/C13H16O2/c14-10-5-4-8-13(9-11-15)12-6-2-1-3-7-12/h1-3,6-7,10-11,13H,4-5,8-9H2. The first-order valence-corrected chi connectivity index (χ1v) is 5.30. The van der Waals surface area contributed by atoms with Gasteiger partial charge in [-0.1, -0.05) is 30.3 Å². The van der Waals surface area contributed by atoms with Crippen LogP contribution in [0.15, 0.2) is 30.3 Å². The monoisotopic (exact) mass is 204 g/mol. The Labute approximate surface area is 90.3 Å². The van der Waals surface area contributed by atoms with Gasteiger partial charge in [-0.2, -0.15) is 0 Å². The molecule has 0 saturated heterocycles. The highest BCUT2D eigenvalue weighted by Crippen LogP contribution is 2.24. The van der Waals surface area contributed by atoms with Gasteiger partial charge in [-0.25, -0.2) is 0 Å². The van der Waals surface area contributed by atoms with Gasteiger partial charge in [0.25, 0.3) is 0 Å². The van der Waals surface area contributed by atoms with Crippen LogP contribution in [0.3, 0.4) is 0 Å². The molecule has 0 aliphatic carbocycles. The summed E-state index contributed by atoms with van der Waals surface area (Å²) in [7, 11) is 0. The number of aldehydes is 2. The molecule has 1 rings (SSSR count). The van der Waals surface area contributed by atoms with Gasteiger partial charge < -0.3 is 9.59 Å². The minimum atomic E-state index is 0.267. The molecular weight excluding hydrogens is 188 g/mol. The van der Waals surface area contributed by atoms with Crippen molar-refractivity contribution in [2.45, 2.75) is 31.6 Å². The van der Waals surface area contributed by atoms with Crippen molar-refractivity contribution in [3.63, 3.8) is 0 Å². The van der Waals surface area contributed by atoms with Crippen molar-refractivity contribution in [1.82, 2.24) is 0 Å². The summed E-state index contributed by atoms with van der Waals surface area (Å²) in [5, 5.41) is 0. The lowest BCUT2D eigenvalue weighted by Gasteiger charge is -2.13. The molecule has 0 saturated carbocycles. The van der Waals surface area contributed by atoms with Crippen LogP contribution in [0.2, 0.25) is 0 Å². The minimum absolute atomic E-state index is 0.267. The normalized spacial score (nSPS) is 12.0. The molecule has 0 radical (unpaired) electrons. The second-order valence-electron chi connectivity index (χ2n) is 3.61. The molecule has 80 valence electrons. The lowest BCUT2D eigenvalue weighted by atomic mass is 9.91. The van der Waals surface area contributed by atoms with Crippen LogP contribution in [0.1, 0.15) is 37.2 Å². The van der Waals surface area contributed by atoms with Crippen molar-refractivity contribution in [2.24, 2.45) is 0 Å². The fourth-order valence-corrected chi connectivity index (χ4v) is 1.71. The van der Waals surface area contributed by atoms with E-state index in [0.29, 0.717) is 12.8 Å². The third-order valence-electron chi connectivity index (χ3n) is 2.53. The van der Waals surface area contributed by atoms with Crippen LogP contribution in [-0.4, -0.2) is 12.6 Å². The Kier molecular flexibility index (Phi) is 5.38. The van der Waals surface area contributed by atoms with Crippen molar-refractivity contribution in [1.29, 1.82) is 0 Å². The average Bonchev–Trinajstić information content (AvgIpc) is 2.29. The van der Waals surface area contributed by atoms with Crippen molar-refractivity contribution >= 4 is 12.6 Å². The zero-order valence-corrected chi connectivity index (χ0v) is 8.76. The Bertz CT molecular complexity index is 293. The summed E-state index contributed by atoms with van der Waals surface area (Å²) < 4.78 is 0. The number of unbranched alkanes of at least 4 members (excludes halogenated alkanes) is 1. The Balaban J connectivity index is 2.57. The molecule has 0 aromatic heterocycles. The summed E-state index contributed by atoms with van der Waals surface area (Å²) in [6.45, 7) is 0. The highest BCUT2D eigenvalue weighted by atomic mass is 16.1. The van der Waals surface area contributed by atoms with Crippen LogP contribution >= 0.6 is 0 Å². The van der Waals surface area contributed by atoms with E-state index in [-0.39, 0.29) is 5.92 Å². The van der Waals surface area contributed by atoms with Gasteiger partial charge in [0.05, 0.1) is 0 Å². The van der Waals surface area contributed by atoms with E-state index >= 15 is 0 Å². The number of benzene rings is 1. The van der Waals surface area contributed by atoms with Crippen LogP contribution < -0.4 is 0 Å². The molecule has 1 aromatic carbocycles. The quantitative estimate of drug-likeness (QED) is 0.505. The molecule has 0 N–H and O–H groups in total. The van der Waals surface area contributed by atoms with E-state index in [1.165, 1.54) is 5.56 Å². The molecule has 0 aliphatic rings. The predicted octanol–water partition coefficient (Wildman–Crippen LogP) is 2.73. The van der Waals surface area contributed by atoms with Gasteiger partial charge in [0.2, 0.25) is 0 Å². The third-order valence-corrected chi connectivity index (χ3v) is 2.53. The topological polar surface area (TPSA) is 34.1 Å². The Morgan fingerprint density at radius 1 is 1.07 bits per heavy atom. The zero-order valence-electron chi connectivity index (χ0n) is 8.76.